The number of ether oxygens (including phenoxy) is 1. The molecule has 2 fully saturated rings. The number of para-hydroxylation sites is 1. The molecule has 0 aliphatic carbocycles. The number of aromatic nitrogens is 3. The quantitative estimate of drug-likeness (QED) is 0.750. The van der Waals surface area contributed by atoms with Gasteiger partial charge in [0, 0.05) is 27.1 Å². The van der Waals surface area contributed by atoms with E-state index in [1.165, 1.54) is 17.7 Å². The van der Waals surface area contributed by atoms with Crippen molar-refractivity contribution in [1.29, 1.82) is 0 Å². The molecule has 1 N–H and O–H groups in total. The monoisotopic (exact) mass is 459 g/mol. The third-order valence-electron chi connectivity index (χ3n) is 7.06. The van der Waals surface area contributed by atoms with Crippen molar-refractivity contribution < 1.29 is 23.8 Å². The maximum absolute atomic E-state index is 14.2. The number of amides is 2. The maximum atomic E-state index is 14.2. The third kappa shape index (κ3) is 4.24. The number of likely N-dealkylation sites (tertiary alicyclic amines) is 1. The second-order valence-electron chi connectivity index (χ2n) is 9.36. The van der Waals surface area contributed by atoms with Crippen LogP contribution in [0.1, 0.15) is 49.3 Å². The number of aliphatic hydroxyl groups is 1. The van der Waals surface area contributed by atoms with E-state index in [-0.39, 0.29) is 35.8 Å². The van der Waals surface area contributed by atoms with E-state index in [9.17, 15) is 19.1 Å². The minimum atomic E-state index is -1.14. The topological polar surface area (TPSA) is 101 Å². The number of nitrogens with zero attached hydrogens (tertiary/aromatic N) is 5. The van der Waals surface area contributed by atoms with Crippen LogP contribution in [0.4, 0.5) is 4.39 Å². The largest absolute Gasteiger partial charge is 0.386 e. The van der Waals surface area contributed by atoms with Gasteiger partial charge in [-0.05, 0) is 45.2 Å². The standard InChI is InChI=1S/C23H30FN5O4/c1-15-20(25-26-29(15)18-8-6-5-7-17(18)24)21(31)28-11-9-23(10-12-28)13-19(27(4)16(2)30)22(3,32)14-33-23/h5-8,19,32H,9-14H2,1-4H3/t19-,22-/m0/s1. The van der Waals surface area contributed by atoms with Crippen LogP contribution in [0.2, 0.25) is 0 Å². The molecule has 2 amide bonds. The molecule has 2 aliphatic heterocycles. The van der Waals surface area contributed by atoms with Crippen LogP contribution in [0.5, 0.6) is 0 Å². The van der Waals surface area contributed by atoms with Gasteiger partial charge in [0.05, 0.1) is 23.9 Å². The number of hydrogen-bond acceptors (Lipinski definition) is 6. The predicted molar refractivity (Wildman–Crippen MR) is 117 cm³/mol. The summed E-state index contributed by atoms with van der Waals surface area (Å²) in [7, 11) is 1.70. The molecule has 10 heteroatoms. The number of benzene rings is 1. The van der Waals surface area contributed by atoms with Crippen molar-refractivity contribution in [1.82, 2.24) is 24.8 Å². The SMILES string of the molecule is CC(=O)N(C)[C@H]1CC2(CCN(C(=O)c3nnn(-c4ccccc4F)c3C)CC2)OC[C@]1(C)O. The average molecular weight is 460 g/mol. The van der Waals surface area contributed by atoms with Gasteiger partial charge in [-0.15, -0.1) is 5.10 Å². The van der Waals surface area contributed by atoms with Crippen LogP contribution in [0.15, 0.2) is 24.3 Å². The van der Waals surface area contributed by atoms with Crippen molar-refractivity contribution in [3.63, 3.8) is 0 Å². The first kappa shape index (κ1) is 23.3. The Balaban J connectivity index is 1.47. The normalized spacial score (nSPS) is 24.7. The summed E-state index contributed by atoms with van der Waals surface area (Å²) in [6.45, 7) is 5.88. The number of hydrogen-bond donors (Lipinski definition) is 1. The lowest BCUT2D eigenvalue weighted by molar-refractivity contribution is -0.207. The lowest BCUT2D eigenvalue weighted by atomic mass is 9.77. The van der Waals surface area contributed by atoms with E-state index in [0.29, 0.717) is 38.0 Å². The zero-order valence-corrected chi connectivity index (χ0v) is 19.4. The smallest absolute Gasteiger partial charge is 0.276 e. The summed E-state index contributed by atoms with van der Waals surface area (Å²) in [4.78, 5) is 28.4. The summed E-state index contributed by atoms with van der Waals surface area (Å²) in [6, 6.07) is 5.84. The highest BCUT2D eigenvalue weighted by atomic mass is 19.1. The van der Waals surface area contributed by atoms with Gasteiger partial charge < -0.3 is 19.6 Å². The van der Waals surface area contributed by atoms with E-state index in [1.807, 2.05) is 0 Å². The summed E-state index contributed by atoms with van der Waals surface area (Å²) < 4.78 is 21.6. The first-order valence-corrected chi connectivity index (χ1v) is 11.1. The predicted octanol–water partition coefficient (Wildman–Crippen LogP) is 1.71. The Morgan fingerprint density at radius 2 is 1.94 bits per heavy atom. The van der Waals surface area contributed by atoms with Crippen molar-refractivity contribution in [2.75, 3.05) is 26.7 Å². The third-order valence-corrected chi connectivity index (χ3v) is 7.06. The highest BCUT2D eigenvalue weighted by Gasteiger charge is 2.50. The van der Waals surface area contributed by atoms with Gasteiger partial charge in [-0.25, -0.2) is 9.07 Å². The molecule has 2 aromatic rings. The fourth-order valence-corrected chi connectivity index (χ4v) is 4.79. The minimum absolute atomic E-state index is 0.113. The molecule has 0 saturated carbocycles. The zero-order valence-electron chi connectivity index (χ0n) is 19.4. The lowest BCUT2D eigenvalue weighted by Crippen LogP contribution is -2.64. The molecule has 0 radical (unpaired) electrons. The van der Waals surface area contributed by atoms with E-state index in [2.05, 4.69) is 10.3 Å². The molecule has 3 heterocycles. The molecule has 0 unspecified atom stereocenters. The molecule has 2 saturated heterocycles. The van der Waals surface area contributed by atoms with Gasteiger partial charge in [0.25, 0.3) is 5.91 Å². The first-order chi connectivity index (χ1) is 15.5. The highest BCUT2D eigenvalue weighted by Crippen LogP contribution is 2.40. The molecule has 33 heavy (non-hydrogen) atoms. The van der Waals surface area contributed by atoms with Gasteiger partial charge in [0.2, 0.25) is 5.91 Å². The van der Waals surface area contributed by atoms with Gasteiger partial charge >= 0.3 is 0 Å². The molecule has 2 atom stereocenters. The van der Waals surface area contributed by atoms with Crippen LogP contribution in [0.3, 0.4) is 0 Å². The van der Waals surface area contributed by atoms with E-state index in [0.717, 1.165) is 0 Å². The lowest BCUT2D eigenvalue weighted by Gasteiger charge is -2.52. The van der Waals surface area contributed by atoms with Crippen LogP contribution in [-0.4, -0.2) is 85.7 Å². The minimum Gasteiger partial charge on any atom is -0.386 e. The van der Waals surface area contributed by atoms with E-state index in [4.69, 9.17) is 4.74 Å². The van der Waals surface area contributed by atoms with Crippen molar-refractivity contribution in [2.45, 2.75) is 57.3 Å². The van der Waals surface area contributed by atoms with Crippen LogP contribution < -0.4 is 0 Å². The summed E-state index contributed by atoms with van der Waals surface area (Å²) in [5.41, 5.74) is -0.745. The van der Waals surface area contributed by atoms with Gasteiger partial charge in [0.15, 0.2) is 5.69 Å². The van der Waals surface area contributed by atoms with Crippen molar-refractivity contribution in [2.24, 2.45) is 0 Å². The van der Waals surface area contributed by atoms with Crippen LogP contribution >= 0.6 is 0 Å². The summed E-state index contributed by atoms with van der Waals surface area (Å²) >= 11 is 0. The van der Waals surface area contributed by atoms with Gasteiger partial charge in [-0.3, -0.25) is 9.59 Å². The van der Waals surface area contributed by atoms with Gasteiger partial charge in [-0.2, -0.15) is 0 Å². The average Bonchev–Trinajstić information content (AvgIpc) is 3.16. The first-order valence-electron chi connectivity index (χ1n) is 11.1. The Hall–Kier alpha value is -2.85. The molecule has 2 aliphatic rings. The highest BCUT2D eigenvalue weighted by molar-refractivity contribution is 5.93. The van der Waals surface area contributed by atoms with Gasteiger partial charge in [-0.1, -0.05) is 17.3 Å². The van der Waals surface area contributed by atoms with Crippen LogP contribution in [0.25, 0.3) is 5.69 Å². The molecule has 1 aromatic heterocycles. The van der Waals surface area contributed by atoms with E-state index < -0.39 is 17.0 Å². The fourth-order valence-electron chi connectivity index (χ4n) is 4.79. The number of piperidine rings is 1. The summed E-state index contributed by atoms with van der Waals surface area (Å²) in [5.74, 6) is -0.816. The molecular formula is C23H30FN5O4. The Kier molecular flexibility index (Phi) is 6.00. The Morgan fingerprint density at radius 3 is 2.58 bits per heavy atom. The van der Waals surface area contributed by atoms with Crippen molar-refractivity contribution in [3.8, 4) is 5.69 Å². The van der Waals surface area contributed by atoms with Crippen LogP contribution in [-0.2, 0) is 9.53 Å². The summed E-state index contributed by atoms with van der Waals surface area (Å²) in [6.07, 6.45) is 1.66. The Labute approximate surface area is 192 Å². The molecule has 178 valence electrons. The molecule has 1 spiro atoms. The van der Waals surface area contributed by atoms with Crippen molar-refractivity contribution >= 4 is 11.8 Å². The van der Waals surface area contributed by atoms with E-state index >= 15 is 0 Å². The number of carbonyl (C=O) groups is 2. The molecule has 9 nitrogen and oxygen atoms in total. The summed E-state index contributed by atoms with van der Waals surface area (Å²) in [5, 5.41) is 18.8. The molecule has 1 aromatic carbocycles. The Morgan fingerprint density at radius 1 is 1.27 bits per heavy atom. The number of rotatable bonds is 3. The zero-order chi connectivity index (χ0) is 24.0. The molecule has 4 rings (SSSR count). The fraction of sp³-hybridized carbons (Fsp3) is 0.565. The number of likely N-dealkylation sites (N-methyl/N-ethyl adjacent to an activating group) is 1. The molecular weight excluding hydrogens is 429 g/mol. The Bertz CT molecular complexity index is 1060. The van der Waals surface area contributed by atoms with E-state index in [1.54, 1.807) is 48.9 Å². The second kappa shape index (κ2) is 8.49. The van der Waals surface area contributed by atoms with Crippen molar-refractivity contribution in [3.05, 3.63) is 41.5 Å². The molecule has 0 bridgehead atoms. The number of carbonyl (C=O) groups excluding carboxylic acids is 2. The van der Waals surface area contributed by atoms with Gasteiger partial charge in [0.1, 0.15) is 17.1 Å². The maximum Gasteiger partial charge on any atom is 0.276 e. The van der Waals surface area contributed by atoms with Crippen LogP contribution in [0, 0.1) is 12.7 Å². The number of halogens is 1. The second-order valence-corrected chi connectivity index (χ2v) is 9.36.